The molecule has 3 rings (SSSR count). The molecule has 4 heteroatoms. The first-order chi connectivity index (χ1) is 9.81. The van der Waals surface area contributed by atoms with E-state index in [0.717, 1.165) is 30.9 Å². The Balaban J connectivity index is 1.67. The van der Waals surface area contributed by atoms with Crippen LogP contribution in [0.3, 0.4) is 0 Å². The van der Waals surface area contributed by atoms with Gasteiger partial charge in [0.05, 0.1) is 0 Å². The fourth-order valence-corrected chi connectivity index (χ4v) is 2.37. The summed E-state index contributed by atoms with van der Waals surface area (Å²) in [6.45, 7) is 1.90. The fourth-order valence-electron chi connectivity index (χ4n) is 2.37. The van der Waals surface area contributed by atoms with E-state index in [1.54, 1.807) is 0 Å². The summed E-state index contributed by atoms with van der Waals surface area (Å²) in [4.78, 5) is 11.9. The average molecular weight is 267 g/mol. The molecule has 4 nitrogen and oxygen atoms in total. The van der Waals surface area contributed by atoms with Gasteiger partial charge in [-0.1, -0.05) is 24.3 Å². The van der Waals surface area contributed by atoms with Crippen LogP contribution >= 0.6 is 0 Å². The Morgan fingerprint density at radius 2 is 1.75 bits per heavy atom. The van der Waals surface area contributed by atoms with Crippen LogP contribution in [0.4, 0.5) is 16.2 Å². The zero-order valence-electron chi connectivity index (χ0n) is 11.1. The third-order valence-corrected chi connectivity index (χ3v) is 3.38. The standard InChI is InChI=1S/C16H17N3O/c20-16(18-14-4-2-1-3-5-14)19-15-7-6-13-11-17-9-8-12(13)10-15/h1-7,10,17H,8-9,11H2,(H2,18,19,20). The second-order valence-corrected chi connectivity index (χ2v) is 4.86. The van der Waals surface area contributed by atoms with Crippen LogP contribution in [0.2, 0.25) is 0 Å². The molecule has 3 N–H and O–H groups in total. The SMILES string of the molecule is O=C(Nc1ccccc1)Nc1ccc2c(c1)CCNC2. The van der Waals surface area contributed by atoms with Gasteiger partial charge in [-0.2, -0.15) is 0 Å². The van der Waals surface area contributed by atoms with Gasteiger partial charge in [-0.25, -0.2) is 4.79 Å². The Kier molecular flexibility index (Phi) is 3.65. The first-order valence-corrected chi connectivity index (χ1v) is 6.77. The van der Waals surface area contributed by atoms with E-state index < -0.39 is 0 Å². The molecule has 20 heavy (non-hydrogen) atoms. The summed E-state index contributed by atoms with van der Waals surface area (Å²) >= 11 is 0. The van der Waals surface area contributed by atoms with Crippen LogP contribution in [-0.2, 0) is 13.0 Å². The Hall–Kier alpha value is -2.33. The van der Waals surface area contributed by atoms with Crippen molar-refractivity contribution < 1.29 is 4.79 Å². The lowest BCUT2D eigenvalue weighted by Gasteiger charge is -2.18. The monoisotopic (exact) mass is 267 g/mol. The minimum Gasteiger partial charge on any atom is -0.312 e. The van der Waals surface area contributed by atoms with Gasteiger partial charge in [0.1, 0.15) is 0 Å². The Morgan fingerprint density at radius 1 is 0.950 bits per heavy atom. The predicted molar refractivity (Wildman–Crippen MR) is 80.9 cm³/mol. The second-order valence-electron chi connectivity index (χ2n) is 4.86. The molecule has 0 saturated carbocycles. The third kappa shape index (κ3) is 2.97. The Labute approximate surface area is 118 Å². The molecule has 2 aromatic carbocycles. The van der Waals surface area contributed by atoms with Crippen molar-refractivity contribution >= 4 is 17.4 Å². The molecule has 102 valence electrons. The fraction of sp³-hybridized carbons (Fsp3) is 0.188. The summed E-state index contributed by atoms with van der Waals surface area (Å²) in [7, 11) is 0. The Morgan fingerprint density at radius 3 is 2.60 bits per heavy atom. The van der Waals surface area contributed by atoms with Crippen LogP contribution in [0, 0.1) is 0 Å². The number of carbonyl (C=O) groups is 1. The number of urea groups is 1. The van der Waals surface area contributed by atoms with E-state index in [4.69, 9.17) is 0 Å². The number of hydrogen-bond acceptors (Lipinski definition) is 2. The van der Waals surface area contributed by atoms with Gasteiger partial charge in [-0.15, -0.1) is 0 Å². The summed E-state index contributed by atoms with van der Waals surface area (Å²) in [6.07, 6.45) is 1.01. The summed E-state index contributed by atoms with van der Waals surface area (Å²) in [5.74, 6) is 0. The molecule has 0 aliphatic carbocycles. The van der Waals surface area contributed by atoms with Gasteiger partial charge < -0.3 is 16.0 Å². The maximum Gasteiger partial charge on any atom is 0.323 e. The number of carbonyl (C=O) groups excluding carboxylic acids is 1. The van der Waals surface area contributed by atoms with E-state index in [-0.39, 0.29) is 6.03 Å². The van der Waals surface area contributed by atoms with Crippen molar-refractivity contribution in [3.63, 3.8) is 0 Å². The van der Waals surface area contributed by atoms with E-state index in [0.29, 0.717) is 0 Å². The summed E-state index contributed by atoms with van der Waals surface area (Å²) in [5.41, 5.74) is 4.23. The van der Waals surface area contributed by atoms with Crippen molar-refractivity contribution in [3.05, 3.63) is 59.7 Å². The number of amides is 2. The maximum atomic E-state index is 11.9. The highest BCUT2D eigenvalue weighted by atomic mass is 16.2. The normalized spacial score (nSPS) is 13.4. The number of para-hydroxylation sites is 1. The largest absolute Gasteiger partial charge is 0.323 e. The van der Waals surface area contributed by atoms with Crippen LogP contribution in [0.5, 0.6) is 0 Å². The Bertz CT molecular complexity index is 610. The number of hydrogen-bond donors (Lipinski definition) is 3. The predicted octanol–water partition coefficient (Wildman–Crippen LogP) is 2.98. The molecule has 1 aliphatic rings. The maximum absolute atomic E-state index is 11.9. The first-order valence-electron chi connectivity index (χ1n) is 6.77. The second kappa shape index (κ2) is 5.75. The highest BCUT2D eigenvalue weighted by Gasteiger charge is 2.10. The zero-order chi connectivity index (χ0) is 13.8. The highest BCUT2D eigenvalue weighted by molar-refractivity contribution is 5.99. The third-order valence-electron chi connectivity index (χ3n) is 3.38. The smallest absolute Gasteiger partial charge is 0.312 e. The minimum absolute atomic E-state index is 0.218. The lowest BCUT2D eigenvalue weighted by Crippen LogP contribution is -2.24. The van der Waals surface area contributed by atoms with Gasteiger partial charge in [-0.05, 0) is 48.4 Å². The number of benzene rings is 2. The topological polar surface area (TPSA) is 53.2 Å². The number of nitrogens with one attached hydrogen (secondary N) is 3. The molecule has 1 heterocycles. The summed E-state index contributed by atoms with van der Waals surface area (Å²) in [6, 6.07) is 15.3. The zero-order valence-corrected chi connectivity index (χ0v) is 11.1. The molecule has 0 fully saturated rings. The molecule has 0 saturated heterocycles. The average Bonchev–Trinajstić information content (AvgIpc) is 2.48. The van der Waals surface area contributed by atoms with Gasteiger partial charge in [-0.3, -0.25) is 0 Å². The van der Waals surface area contributed by atoms with E-state index in [1.807, 2.05) is 36.4 Å². The van der Waals surface area contributed by atoms with Crippen molar-refractivity contribution in [1.29, 1.82) is 0 Å². The molecule has 2 amide bonds. The highest BCUT2D eigenvalue weighted by Crippen LogP contribution is 2.19. The van der Waals surface area contributed by atoms with Gasteiger partial charge in [0.2, 0.25) is 0 Å². The minimum atomic E-state index is -0.218. The van der Waals surface area contributed by atoms with Crippen molar-refractivity contribution in [2.45, 2.75) is 13.0 Å². The summed E-state index contributed by atoms with van der Waals surface area (Å²) < 4.78 is 0. The number of fused-ring (bicyclic) bond motifs is 1. The van der Waals surface area contributed by atoms with Crippen LogP contribution in [-0.4, -0.2) is 12.6 Å². The molecule has 0 bridgehead atoms. The summed E-state index contributed by atoms with van der Waals surface area (Å²) in [5, 5.41) is 9.01. The quantitative estimate of drug-likeness (QED) is 0.783. The number of rotatable bonds is 2. The lowest BCUT2D eigenvalue weighted by molar-refractivity contribution is 0.262. The van der Waals surface area contributed by atoms with E-state index in [1.165, 1.54) is 11.1 Å². The molecular formula is C16H17N3O. The van der Waals surface area contributed by atoms with Gasteiger partial charge in [0.25, 0.3) is 0 Å². The van der Waals surface area contributed by atoms with Crippen LogP contribution in [0.1, 0.15) is 11.1 Å². The van der Waals surface area contributed by atoms with Crippen molar-refractivity contribution in [3.8, 4) is 0 Å². The van der Waals surface area contributed by atoms with Crippen LogP contribution in [0.25, 0.3) is 0 Å². The van der Waals surface area contributed by atoms with Crippen LogP contribution < -0.4 is 16.0 Å². The van der Waals surface area contributed by atoms with Gasteiger partial charge >= 0.3 is 6.03 Å². The van der Waals surface area contributed by atoms with Gasteiger partial charge in [0, 0.05) is 17.9 Å². The molecular weight excluding hydrogens is 250 g/mol. The molecule has 2 aromatic rings. The lowest BCUT2D eigenvalue weighted by atomic mass is 10.0. The molecule has 0 unspecified atom stereocenters. The molecule has 0 aromatic heterocycles. The van der Waals surface area contributed by atoms with E-state index in [2.05, 4.69) is 28.1 Å². The van der Waals surface area contributed by atoms with Crippen molar-refractivity contribution in [2.24, 2.45) is 0 Å². The van der Waals surface area contributed by atoms with Crippen molar-refractivity contribution in [1.82, 2.24) is 5.32 Å². The van der Waals surface area contributed by atoms with E-state index >= 15 is 0 Å². The first kappa shape index (κ1) is 12.7. The van der Waals surface area contributed by atoms with E-state index in [9.17, 15) is 4.79 Å². The van der Waals surface area contributed by atoms with Crippen LogP contribution in [0.15, 0.2) is 48.5 Å². The van der Waals surface area contributed by atoms with Crippen molar-refractivity contribution in [2.75, 3.05) is 17.2 Å². The molecule has 0 atom stereocenters. The molecule has 1 aliphatic heterocycles. The number of anilines is 2. The van der Waals surface area contributed by atoms with Gasteiger partial charge in [0.15, 0.2) is 0 Å². The molecule has 0 spiro atoms. The molecule has 0 radical (unpaired) electrons.